The number of Topliss-reactive ketones (excluding diaryl/α,β-unsaturated/α-hetero) is 1. The van der Waals surface area contributed by atoms with Crippen molar-refractivity contribution in [2.24, 2.45) is 10.4 Å². The normalized spacial score (nSPS) is 24.1. The smallest absolute Gasteiger partial charge is 0.290 e. The molecule has 1 aromatic rings. The molecule has 1 amide bonds. The number of amidine groups is 1. The molecule has 1 aromatic carbocycles. The van der Waals surface area contributed by atoms with E-state index in [2.05, 4.69) is 41.6 Å². The summed E-state index contributed by atoms with van der Waals surface area (Å²) in [6, 6.07) is 7.22. The zero-order valence-electron chi connectivity index (χ0n) is 18.7. The molecule has 0 saturated heterocycles. The fraction of sp³-hybridized carbons (Fsp3) is 0.520. The lowest BCUT2D eigenvalue weighted by Gasteiger charge is -2.33. The van der Waals surface area contributed by atoms with Gasteiger partial charge in [-0.3, -0.25) is 14.6 Å². The monoisotopic (exact) mass is 434 g/mol. The van der Waals surface area contributed by atoms with E-state index in [0.29, 0.717) is 31.4 Å². The van der Waals surface area contributed by atoms with Gasteiger partial charge in [0.15, 0.2) is 5.84 Å². The number of rotatable bonds is 4. The van der Waals surface area contributed by atoms with Crippen LogP contribution in [0.4, 0.5) is 5.69 Å². The molecule has 0 spiro atoms. The summed E-state index contributed by atoms with van der Waals surface area (Å²) in [5.41, 5.74) is 2.69. The van der Waals surface area contributed by atoms with Crippen LogP contribution < -0.4 is 10.6 Å². The molecule has 0 bridgehead atoms. The molecule has 3 N–H and O–H groups in total. The molecule has 7 nitrogen and oxygen atoms in total. The van der Waals surface area contributed by atoms with E-state index in [9.17, 15) is 14.7 Å². The van der Waals surface area contributed by atoms with Crippen molar-refractivity contribution in [2.45, 2.75) is 70.4 Å². The highest BCUT2D eigenvalue weighted by atomic mass is 16.3. The minimum Gasteiger partial charge on any atom is -0.385 e. The highest BCUT2D eigenvalue weighted by Crippen LogP contribution is 2.42. The van der Waals surface area contributed by atoms with E-state index in [-0.39, 0.29) is 29.5 Å². The third-order valence-corrected chi connectivity index (χ3v) is 6.87. The molecule has 168 valence electrons. The van der Waals surface area contributed by atoms with E-state index in [0.717, 1.165) is 36.0 Å². The van der Waals surface area contributed by atoms with Crippen LogP contribution in [-0.2, 0) is 15.2 Å². The Kier molecular flexibility index (Phi) is 5.91. The van der Waals surface area contributed by atoms with Crippen LogP contribution in [0.5, 0.6) is 0 Å². The summed E-state index contributed by atoms with van der Waals surface area (Å²) >= 11 is 0. The Morgan fingerprint density at radius 2 is 2.00 bits per heavy atom. The highest BCUT2D eigenvalue weighted by molar-refractivity contribution is 6.42. The van der Waals surface area contributed by atoms with Crippen LogP contribution in [0.3, 0.4) is 0 Å². The number of anilines is 1. The number of nitriles is 1. The molecular formula is C25H30N4O3. The molecule has 2 aliphatic carbocycles. The number of nitrogens with one attached hydrogen (secondary N) is 2. The van der Waals surface area contributed by atoms with E-state index in [1.165, 1.54) is 0 Å². The van der Waals surface area contributed by atoms with E-state index >= 15 is 0 Å². The van der Waals surface area contributed by atoms with Crippen LogP contribution in [0.1, 0.15) is 69.9 Å². The number of ketones is 1. The van der Waals surface area contributed by atoms with Gasteiger partial charge < -0.3 is 15.7 Å². The van der Waals surface area contributed by atoms with Crippen molar-refractivity contribution in [1.82, 2.24) is 5.32 Å². The maximum Gasteiger partial charge on any atom is 0.290 e. The number of carbonyl (C=O) groups is 2. The minimum absolute atomic E-state index is 0.162. The second kappa shape index (κ2) is 8.51. The third-order valence-electron chi connectivity index (χ3n) is 6.87. The van der Waals surface area contributed by atoms with Crippen LogP contribution in [0, 0.1) is 16.7 Å². The molecule has 1 atom stereocenters. The summed E-state index contributed by atoms with van der Waals surface area (Å²) in [5.74, 6) is -0.0262. The molecule has 1 fully saturated rings. The summed E-state index contributed by atoms with van der Waals surface area (Å²) < 4.78 is 0. The van der Waals surface area contributed by atoms with Crippen LogP contribution in [0.25, 0.3) is 5.57 Å². The largest absolute Gasteiger partial charge is 0.385 e. The maximum atomic E-state index is 12.8. The topological polar surface area (TPSA) is 115 Å². The fourth-order valence-corrected chi connectivity index (χ4v) is 4.59. The first-order valence-electron chi connectivity index (χ1n) is 11.3. The zero-order chi connectivity index (χ0) is 22.9. The van der Waals surface area contributed by atoms with Gasteiger partial charge in [0, 0.05) is 24.1 Å². The van der Waals surface area contributed by atoms with Crippen molar-refractivity contribution in [1.29, 1.82) is 5.26 Å². The summed E-state index contributed by atoms with van der Waals surface area (Å²) in [6.45, 7) is 4.75. The number of hydrogen-bond donors (Lipinski definition) is 3. The average Bonchev–Trinajstić information content (AvgIpc) is 3.26. The first-order chi connectivity index (χ1) is 15.2. The molecule has 1 saturated carbocycles. The Labute approximate surface area is 188 Å². The molecule has 0 aromatic heterocycles. The van der Waals surface area contributed by atoms with Gasteiger partial charge in [-0.2, -0.15) is 5.26 Å². The van der Waals surface area contributed by atoms with Gasteiger partial charge in [-0.1, -0.05) is 26.0 Å². The fourth-order valence-electron chi connectivity index (χ4n) is 4.59. The van der Waals surface area contributed by atoms with Crippen LogP contribution in [-0.4, -0.2) is 35.2 Å². The Bertz CT molecular complexity index is 1040. The average molecular weight is 435 g/mol. The molecule has 7 heteroatoms. The minimum atomic E-state index is -1.03. The zero-order valence-corrected chi connectivity index (χ0v) is 18.7. The van der Waals surface area contributed by atoms with Gasteiger partial charge in [0.05, 0.1) is 18.2 Å². The highest BCUT2D eigenvalue weighted by Gasteiger charge is 2.35. The predicted molar refractivity (Wildman–Crippen MR) is 123 cm³/mol. The van der Waals surface area contributed by atoms with Crippen molar-refractivity contribution < 1.29 is 14.7 Å². The third kappa shape index (κ3) is 4.61. The number of allylic oxidation sites excluding steroid dienone is 2. The lowest BCUT2D eigenvalue weighted by Crippen LogP contribution is -2.37. The lowest BCUT2D eigenvalue weighted by atomic mass is 9.75. The Balaban J connectivity index is 1.65. The van der Waals surface area contributed by atoms with Crippen molar-refractivity contribution in [3.63, 3.8) is 0 Å². The van der Waals surface area contributed by atoms with Gasteiger partial charge in [0.2, 0.25) is 0 Å². The summed E-state index contributed by atoms with van der Waals surface area (Å²) in [6.07, 6.45) is 6.68. The number of amides is 1. The summed E-state index contributed by atoms with van der Waals surface area (Å²) in [5, 5.41) is 26.1. The van der Waals surface area contributed by atoms with Gasteiger partial charge in [0.25, 0.3) is 5.91 Å². The first kappa shape index (κ1) is 22.2. The second-order valence-corrected chi connectivity index (χ2v) is 9.90. The standard InChI is InChI=1S/C25H30N4O3/c1-24(2)9-5-16(6-10-24)20-13-17(25(32)11-7-19(30)8-12-25)3-4-21(20)29-23(31)22-27-15-18(14-26)28-22/h3-5,13,18,32H,6-12,15H2,1-2H3,(H,27,28)(H,29,31). The van der Waals surface area contributed by atoms with Gasteiger partial charge >= 0.3 is 0 Å². The van der Waals surface area contributed by atoms with E-state index in [1.54, 1.807) is 0 Å². The van der Waals surface area contributed by atoms with E-state index < -0.39 is 11.6 Å². The number of hydrogen-bond acceptors (Lipinski definition) is 6. The van der Waals surface area contributed by atoms with Crippen molar-refractivity contribution in [3.05, 3.63) is 35.4 Å². The van der Waals surface area contributed by atoms with E-state index in [4.69, 9.17) is 5.26 Å². The molecule has 32 heavy (non-hydrogen) atoms. The van der Waals surface area contributed by atoms with Crippen molar-refractivity contribution >= 4 is 28.8 Å². The molecular weight excluding hydrogens is 404 g/mol. The Morgan fingerprint density at radius 3 is 2.62 bits per heavy atom. The first-order valence-corrected chi connectivity index (χ1v) is 11.3. The van der Waals surface area contributed by atoms with Gasteiger partial charge in [0.1, 0.15) is 11.8 Å². The van der Waals surface area contributed by atoms with Gasteiger partial charge in [-0.25, -0.2) is 0 Å². The second-order valence-electron chi connectivity index (χ2n) is 9.90. The van der Waals surface area contributed by atoms with E-state index in [1.807, 2.05) is 18.2 Å². The lowest BCUT2D eigenvalue weighted by molar-refractivity contribution is -0.125. The van der Waals surface area contributed by atoms with Crippen LogP contribution >= 0.6 is 0 Å². The van der Waals surface area contributed by atoms with Crippen molar-refractivity contribution in [3.8, 4) is 6.07 Å². The molecule has 3 aliphatic rings. The Hall–Kier alpha value is -2.98. The summed E-state index contributed by atoms with van der Waals surface area (Å²) in [4.78, 5) is 28.6. The maximum absolute atomic E-state index is 12.8. The van der Waals surface area contributed by atoms with Gasteiger partial charge in [-0.15, -0.1) is 0 Å². The number of aliphatic hydroxyl groups is 1. The number of nitrogens with zero attached hydrogens (tertiary/aromatic N) is 2. The quantitative estimate of drug-likeness (QED) is 0.672. The molecule has 1 unspecified atom stereocenters. The molecule has 1 aliphatic heterocycles. The molecule has 1 heterocycles. The Morgan fingerprint density at radius 1 is 1.25 bits per heavy atom. The SMILES string of the molecule is CC1(C)CC=C(c2cc(C3(O)CCC(=O)CC3)ccc2NC(=O)C2=NCC(C#N)N2)CC1. The summed E-state index contributed by atoms with van der Waals surface area (Å²) in [7, 11) is 0. The predicted octanol–water partition coefficient (Wildman–Crippen LogP) is 3.44. The number of aliphatic imine (C=N–C) groups is 1. The number of carbonyl (C=O) groups excluding carboxylic acids is 2. The molecule has 0 radical (unpaired) electrons. The van der Waals surface area contributed by atoms with Gasteiger partial charge in [-0.05, 0) is 60.8 Å². The van der Waals surface area contributed by atoms with Crippen molar-refractivity contribution in [2.75, 3.05) is 11.9 Å². The van der Waals surface area contributed by atoms with Crippen LogP contribution in [0.2, 0.25) is 0 Å². The van der Waals surface area contributed by atoms with Crippen LogP contribution in [0.15, 0.2) is 29.3 Å². The molecule has 4 rings (SSSR count). The number of benzene rings is 1.